The zero-order chi connectivity index (χ0) is 16.6. The molecule has 0 spiro atoms. The summed E-state index contributed by atoms with van der Waals surface area (Å²) in [4.78, 5) is 11.1. The lowest BCUT2D eigenvalue weighted by molar-refractivity contribution is -0.122. The lowest BCUT2D eigenvalue weighted by Crippen LogP contribution is -2.22. The Morgan fingerprint density at radius 3 is 1.41 bits per heavy atom. The van der Waals surface area contributed by atoms with Crippen molar-refractivity contribution < 1.29 is 4.79 Å². The highest BCUT2D eigenvalue weighted by atomic mass is 16.1. The van der Waals surface area contributed by atoms with Crippen LogP contribution >= 0.6 is 0 Å². The summed E-state index contributed by atoms with van der Waals surface area (Å²) in [6, 6.07) is 0. The maximum Gasteiger partial charge on any atom is 0.220 e. The van der Waals surface area contributed by atoms with Gasteiger partial charge >= 0.3 is 0 Å². The third kappa shape index (κ3) is 14.4. The number of nitrogens with two attached hydrogens (primary N) is 1. The average Bonchev–Trinajstić information content (AvgIpc) is 2.47. The first-order valence-electron chi connectivity index (χ1n) is 9.87. The number of amides is 1. The van der Waals surface area contributed by atoms with Crippen LogP contribution in [0.3, 0.4) is 0 Å². The van der Waals surface area contributed by atoms with Gasteiger partial charge in [-0.05, 0) is 18.8 Å². The van der Waals surface area contributed by atoms with E-state index in [0.29, 0.717) is 0 Å². The highest BCUT2D eigenvalue weighted by Crippen LogP contribution is 2.16. The second-order valence-electron chi connectivity index (χ2n) is 7.37. The molecule has 22 heavy (non-hydrogen) atoms. The summed E-state index contributed by atoms with van der Waals surface area (Å²) in [7, 11) is 0. The maximum atomic E-state index is 11.1. The molecule has 2 N–H and O–H groups in total. The van der Waals surface area contributed by atoms with Crippen molar-refractivity contribution >= 4 is 5.91 Å². The van der Waals surface area contributed by atoms with E-state index < -0.39 is 0 Å². The minimum absolute atomic E-state index is 0.107. The smallest absolute Gasteiger partial charge is 0.220 e. The molecule has 0 radical (unpaired) electrons. The minimum atomic E-state index is -0.115. The normalized spacial score (nSPS) is 12.7. The van der Waals surface area contributed by atoms with Gasteiger partial charge in [-0.3, -0.25) is 4.79 Å². The van der Waals surface area contributed by atoms with Crippen molar-refractivity contribution in [3.8, 4) is 0 Å². The topological polar surface area (TPSA) is 43.1 Å². The molecule has 0 aliphatic carbocycles. The fourth-order valence-electron chi connectivity index (χ4n) is 3.08. The summed E-state index contributed by atoms with van der Waals surface area (Å²) in [6.45, 7) is 6.69. The van der Waals surface area contributed by atoms with Gasteiger partial charge in [-0.2, -0.15) is 0 Å². The summed E-state index contributed by atoms with van der Waals surface area (Å²) in [5.41, 5.74) is 5.36. The second kappa shape index (κ2) is 15.4. The highest BCUT2D eigenvalue weighted by molar-refractivity contribution is 5.76. The molecule has 0 heterocycles. The van der Waals surface area contributed by atoms with E-state index in [1.165, 1.54) is 70.6 Å². The van der Waals surface area contributed by atoms with E-state index in [4.69, 9.17) is 5.73 Å². The molecule has 2 heteroatoms. The zero-order valence-electron chi connectivity index (χ0n) is 15.5. The molecule has 0 rings (SSSR count). The molecule has 0 aliphatic rings. The first kappa shape index (κ1) is 21.5. The van der Waals surface area contributed by atoms with Gasteiger partial charge in [0.1, 0.15) is 0 Å². The molecular formula is C20H41NO. The van der Waals surface area contributed by atoms with Crippen molar-refractivity contribution in [1.29, 1.82) is 0 Å². The van der Waals surface area contributed by atoms with E-state index >= 15 is 0 Å². The number of primary amides is 1. The van der Waals surface area contributed by atoms with E-state index in [-0.39, 0.29) is 11.8 Å². The van der Waals surface area contributed by atoms with Gasteiger partial charge in [0.05, 0.1) is 0 Å². The van der Waals surface area contributed by atoms with Crippen molar-refractivity contribution in [3.63, 3.8) is 0 Å². The van der Waals surface area contributed by atoms with Crippen molar-refractivity contribution in [2.24, 2.45) is 17.6 Å². The van der Waals surface area contributed by atoms with Crippen LogP contribution in [0.1, 0.15) is 111 Å². The molecule has 0 bridgehead atoms. The van der Waals surface area contributed by atoms with Crippen LogP contribution in [0.4, 0.5) is 0 Å². The Balaban J connectivity index is 3.16. The number of hydrogen-bond donors (Lipinski definition) is 1. The Morgan fingerprint density at radius 1 is 0.727 bits per heavy atom. The monoisotopic (exact) mass is 311 g/mol. The quantitative estimate of drug-likeness (QED) is 0.337. The molecule has 0 aromatic heterocycles. The first-order chi connectivity index (χ1) is 10.6. The Morgan fingerprint density at radius 2 is 1.09 bits per heavy atom. The molecule has 2 nitrogen and oxygen atoms in total. The van der Waals surface area contributed by atoms with Gasteiger partial charge in [0.25, 0.3) is 0 Å². The van der Waals surface area contributed by atoms with Gasteiger partial charge in [0, 0.05) is 5.92 Å². The van der Waals surface area contributed by atoms with E-state index in [9.17, 15) is 4.79 Å². The Hall–Kier alpha value is -0.530. The largest absolute Gasteiger partial charge is 0.369 e. The molecule has 0 saturated heterocycles. The van der Waals surface area contributed by atoms with Crippen LogP contribution in [0.15, 0.2) is 0 Å². The summed E-state index contributed by atoms with van der Waals surface area (Å²) >= 11 is 0. The predicted molar refractivity (Wildman–Crippen MR) is 97.8 cm³/mol. The summed E-state index contributed by atoms with van der Waals surface area (Å²) < 4.78 is 0. The molecule has 0 saturated carbocycles. The average molecular weight is 312 g/mol. The third-order valence-electron chi connectivity index (χ3n) is 4.73. The van der Waals surface area contributed by atoms with Gasteiger partial charge in [-0.1, -0.05) is 97.8 Å². The van der Waals surface area contributed by atoms with Crippen molar-refractivity contribution in [3.05, 3.63) is 0 Å². The van der Waals surface area contributed by atoms with E-state index in [2.05, 4.69) is 20.8 Å². The van der Waals surface area contributed by atoms with Crippen LogP contribution in [0.5, 0.6) is 0 Å². The molecule has 0 aromatic rings. The molecular weight excluding hydrogens is 270 g/mol. The van der Waals surface area contributed by atoms with Crippen molar-refractivity contribution in [1.82, 2.24) is 0 Å². The Bertz CT molecular complexity index is 250. The first-order valence-corrected chi connectivity index (χ1v) is 9.87. The summed E-state index contributed by atoms with van der Waals surface area (Å²) in [6.07, 6.45) is 18.3. The number of carbonyl (C=O) groups is 1. The van der Waals surface area contributed by atoms with E-state index in [0.717, 1.165) is 25.2 Å². The highest BCUT2D eigenvalue weighted by Gasteiger charge is 2.11. The molecule has 132 valence electrons. The number of hydrogen-bond acceptors (Lipinski definition) is 1. The Kier molecular flexibility index (Phi) is 15.0. The van der Waals surface area contributed by atoms with Crippen LogP contribution < -0.4 is 5.73 Å². The molecule has 0 aromatic carbocycles. The summed E-state index contributed by atoms with van der Waals surface area (Å²) in [5.74, 6) is 0.863. The fraction of sp³-hybridized carbons (Fsp3) is 0.950. The molecule has 1 atom stereocenters. The van der Waals surface area contributed by atoms with Crippen LogP contribution in [-0.2, 0) is 4.79 Å². The molecule has 1 amide bonds. The Labute approximate surface area is 139 Å². The van der Waals surface area contributed by atoms with Crippen LogP contribution in [-0.4, -0.2) is 5.91 Å². The van der Waals surface area contributed by atoms with Gasteiger partial charge in [0.2, 0.25) is 5.91 Å². The molecule has 1 unspecified atom stereocenters. The second-order valence-corrected chi connectivity index (χ2v) is 7.37. The SMILES string of the molecule is CCC(CCCCCCCCCCCCCC(C)C)C(N)=O. The van der Waals surface area contributed by atoms with Crippen LogP contribution in [0.25, 0.3) is 0 Å². The van der Waals surface area contributed by atoms with Crippen molar-refractivity contribution in [2.45, 2.75) is 111 Å². The lowest BCUT2D eigenvalue weighted by Gasteiger charge is -2.09. The van der Waals surface area contributed by atoms with Crippen LogP contribution in [0, 0.1) is 11.8 Å². The van der Waals surface area contributed by atoms with Gasteiger partial charge < -0.3 is 5.73 Å². The minimum Gasteiger partial charge on any atom is -0.369 e. The number of unbranched alkanes of at least 4 members (excludes halogenated alkanes) is 10. The molecule has 0 aliphatic heterocycles. The standard InChI is InChI=1S/C20H41NO/c1-4-19(20(21)22)17-15-13-11-9-7-5-6-8-10-12-14-16-18(2)3/h18-19H,4-17H2,1-3H3,(H2,21,22). The van der Waals surface area contributed by atoms with Crippen molar-refractivity contribution in [2.75, 3.05) is 0 Å². The number of rotatable bonds is 16. The molecule has 0 fully saturated rings. The van der Waals surface area contributed by atoms with Gasteiger partial charge in [-0.25, -0.2) is 0 Å². The van der Waals surface area contributed by atoms with Gasteiger partial charge in [0.15, 0.2) is 0 Å². The van der Waals surface area contributed by atoms with E-state index in [1.54, 1.807) is 0 Å². The lowest BCUT2D eigenvalue weighted by atomic mass is 9.97. The van der Waals surface area contributed by atoms with Gasteiger partial charge in [-0.15, -0.1) is 0 Å². The number of carbonyl (C=O) groups excluding carboxylic acids is 1. The van der Waals surface area contributed by atoms with Crippen LogP contribution in [0.2, 0.25) is 0 Å². The zero-order valence-corrected chi connectivity index (χ0v) is 15.5. The van der Waals surface area contributed by atoms with E-state index in [1.807, 2.05) is 0 Å². The fourth-order valence-corrected chi connectivity index (χ4v) is 3.08. The maximum absolute atomic E-state index is 11.1. The predicted octanol–water partition coefficient (Wildman–Crippen LogP) is 6.23. The third-order valence-corrected chi connectivity index (χ3v) is 4.73. The summed E-state index contributed by atoms with van der Waals surface area (Å²) in [5, 5.41) is 0.